The molecular formula is C19H24N2O2S2. The smallest absolute Gasteiger partial charge is 0.240 e. The summed E-state index contributed by atoms with van der Waals surface area (Å²) in [5, 5.41) is 0.193. The van der Waals surface area contributed by atoms with Crippen LogP contribution in [0.1, 0.15) is 31.2 Å². The molecule has 1 saturated carbocycles. The zero-order chi connectivity index (χ0) is 17.9. The SMILES string of the molecule is Cc1ccc(S(=O)(=O)N[C@@H]2CCCC[C@H]2Sc2ccccc2N)cc1. The Morgan fingerprint density at radius 2 is 1.72 bits per heavy atom. The second-order valence-electron chi connectivity index (χ2n) is 6.52. The minimum absolute atomic E-state index is 0.0790. The van der Waals surface area contributed by atoms with Crippen molar-refractivity contribution >= 4 is 27.5 Å². The van der Waals surface area contributed by atoms with E-state index in [0.29, 0.717) is 4.90 Å². The molecule has 0 aliphatic heterocycles. The zero-order valence-corrected chi connectivity index (χ0v) is 15.9. The Morgan fingerprint density at radius 3 is 2.44 bits per heavy atom. The number of rotatable bonds is 5. The number of anilines is 1. The van der Waals surface area contributed by atoms with Gasteiger partial charge in [0.25, 0.3) is 0 Å². The molecule has 0 bridgehead atoms. The van der Waals surface area contributed by atoms with Gasteiger partial charge in [0.2, 0.25) is 10.0 Å². The molecule has 2 atom stereocenters. The Balaban J connectivity index is 1.77. The van der Waals surface area contributed by atoms with Gasteiger partial charge < -0.3 is 5.73 Å². The summed E-state index contributed by atoms with van der Waals surface area (Å²) < 4.78 is 28.4. The Kier molecular flexibility index (Phi) is 5.71. The molecule has 25 heavy (non-hydrogen) atoms. The van der Waals surface area contributed by atoms with Gasteiger partial charge in [0.05, 0.1) is 4.90 Å². The topological polar surface area (TPSA) is 72.2 Å². The van der Waals surface area contributed by atoms with Crippen LogP contribution in [0.4, 0.5) is 5.69 Å². The number of benzene rings is 2. The third-order valence-corrected chi connectivity index (χ3v) is 7.54. The van der Waals surface area contributed by atoms with Gasteiger partial charge in [-0.2, -0.15) is 0 Å². The van der Waals surface area contributed by atoms with E-state index in [9.17, 15) is 8.42 Å². The standard InChI is InChI=1S/C19H24N2O2S2/c1-14-10-12-15(13-11-14)25(22,23)21-17-7-3-5-9-19(17)24-18-8-4-2-6-16(18)20/h2,4,6,8,10-13,17,19,21H,3,5,7,9,20H2,1H3/t17-,19-/m1/s1. The summed E-state index contributed by atoms with van der Waals surface area (Å²) >= 11 is 1.69. The molecule has 1 aliphatic rings. The van der Waals surface area contributed by atoms with E-state index >= 15 is 0 Å². The second kappa shape index (κ2) is 7.81. The minimum Gasteiger partial charge on any atom is -0.398 e. The first kappa shape index (κ1) is 18.3. The minimum atomic E-state index is -3.51. The van der Waals surface area contributed by atoms with Gasteiger partial charge in [-0.3, -0.25) is 0 Å². The lowest BCUT2D eigenvalue weighted by molar-refractivity contribution is 0.423. The molecule has 0 saturated heterocycles. The maximum absolute atomic E-state index is 12.7. The molecule has 2 aromatic rings. The van der Waals surface area contributed by atoms with Gasteiger partial charge >= 0.3 is 0 Å². The van der Waals surface area contributed by atoms with E-state index in [0.717, 1.165) is 41.8 Å². The van der Waals surface area contributed by atoms with Crippen molar-refractivity contribution in [3.8, 4) is 0 Å². The van der Waals surface area contributed by atoms with E-state index < -0.39 is 10.0 Å². The average molecular weight is 377 g/mol. The number of nitrogens with one attached hydrogen (secondary N) is 1. The Hall–Kier alpha value is -1.50. The van der Waals surface area contributed by atoms with Crippen molar-refractivity contribution in [1.29, 1.82) is 0 Å². The first-order chi connectivity index (χ1) is 12.0. The maximum Gasteiger partial charge on any atom is 0.240 e. The summed E-state index contributed by atoms with van der Waals surface area (Å²) in [6.07, 6.45) is 4.01. The van der Waals surface area contributed by atoms with Crippen molar-refractivity contribution < 1.29 is 8.42 Å². The van der Waals surface area contributed by atoms with Crippen LogP contribution in [0.2, 0.25) is 0 Å². The van der Waals surface area contributed by atoms with Gasteiger partial charge in [0, 0.05) is 21.9 Å². The van der Waals surface area contributed by atoms with E-state index in [-0.39, 0.29) is 11.3 Å². The summed E-state index contributed by atoms with van der Waals surface area (Å²) in [5.41, 5.74) is 7.85. The summed E-state index contributed by atoms with van der Waals surface area (Å²) in [5.74, 6) is 0. The van der Waals surface area contributed by atoms with Crippen LogP contribution >= 0.6 is 11.8 Å². The van der Waals surface area contributed by atoms with Crippen LogP contribution in [0.5, 0.6) is 0 Å². The zero-order valence-electron chi connectivity index (χ0n) is 14.3. The van der Waals surface area contributed by atoms with Gasteiger partial charge in [-0.1, -0.05) is 42.7 Å². The summed E-state index contributed by atoms with van der Waals surface area (Å²) in [6.45, 7) is 1.95. The van der Waals surface area contributed by atoms with Crippen molar-refractivity contribution in [1.82, 2.24) is 4.72 Å². The number of thioether (sulfide) groups is 1. The fourth-order valence-electron chi connectivity index (χ4n) is 3.11. The van der Waals surface area contributed by atoms with Crippen LogP contribution in [0.15, 0.2) is 58.3 Å². The highest BCUT2D eigenvalue weighted by atomic mass is 32.2. The molecule has 6 heteroatoms. The molecule has 3 N–H and O–H groups in total. The molecule has 2 aromatic carbocycles. The van der Waals surface area contributed by atoms with Crippen molar-refractivity contribution in [2.45, 2.75) is 53.7 Å². The lowest BCUT2D eigenvalue weighted by Gasteiger charge is -2.31. The number of sulfonamides is 1. The molecule has 3 rings (SSSR count). The van der Waals surface area contributed by atoms with Crippen molar-refractivity contribution in [2.24, 2.45) is 0 Å². The Labute approximate surface area is 154 Å². The molecule has 1 aliphatic carbocycles. The van der Waals surface area contributed by atoms with Crippen molar-refractivity contribution in [3.05, 3.63) is 54.1 Å². The van der Waals surface area contributed by atoms with Gasteiger partial charge in [-0.25, -0.2) is 13.1 Å². The Bertz CT molecular complexity index is 820. The number of hydrogen-bond acceptors (Lipinski definition) is 4. The number of nitrogens with two attached hydrogens (primary N) is 1. The number of aryl methyl sites for hydroxylation is 1. The van der Waals surface area contributed by atoms with Crippen LogP contribution in [0, 0.1) is 6.92 Å². The number of hydrogen-bond donors (Lipinski definition) is 2. The largest absolute Gasteiger partial charge is 0.398 e. The van der Waals surface area contributed by atoms with Gasteiger partial charge in [0.1, 0.15) is 0 Å². The number of para-hydroxylation sites is 1. The molecule has 0 spiro atoms. The summed E-state index contributed by atoms with van der Waals surface area (Å²) in [4.78, 5) is 1.35. The van der Waals surface area contributed by atoms with Crippen molar-refractivity contribution in [3.63, 3.8) is 0 Å². The van der Waals surface area contributed by atoms with E-state index in [2.05, 4.69) is 4.72 Å². The van der Waals surface area contributed by atoms with Crippen molar-refractivity contribution in [2.75, 3.05) is 5.73 Å². The van der Waals surface area contributed by atoms with Gasteiger partial charge in [-0.15, -0.1) is 11.8 Å². The van der Waals surface area contributed by atoms with Crippen LogP contribution < -0.4 is 10.5 Å². The van der Waals surface area contributed by atoms with Crippen LogP contribution in [0.25, 0.3) is 0 Å². The second-order valence-corrected chi connectivity index (χ2v) is 9.51. The molecule has 1 fully saturated rings. The molecule has 0 heterocycles. The fraction of sp³-hybridized carbons (Fsp3) is 0.368. The highest BCUT2D eigenvalue weighted by Gasteiger charge is 2.30. The summed E-state index contributed by atoms with van der Waals surface area (Å²) in [6, 6.07) is 14.7. The first-order valence-electron chi connectivity index (χ1n) is 8.56. The normalized spacial score (nSPS) is 21.2. The summed E-state index contributed by atoms with van der Waals surface area (Å²) in [7, 11) is -3.51. The van der Waals surface area contributed by atoms with E-state index in [1.165, 1.54) is 0 Å². The van der Waals surface area contributed by atoms with E-state index in [1.807, 2.05) is 43.3 Å². The fourth-order valence-corrected chi connectivity index (χ4v) is 5.85. The van der Waals surface area contributed by atoms with Gasteiger partial charge in [0.15, 0.2) is 0 Å². The molecule has 134 valence electrons. The highest BCUT2D eigenvalue weighted by molar-refractivity contribution is 8.00. The van der Waals surface area contributed by atoms with Crippen LogP contribution in [-0.2, 0) is 10.0 Å². The lowest BCUT2D eigenvalue weighted by atomic mass is 9.96. The van der Waals surface area contributed by atoms with Crippen LogP contribution in [-0.4, -0.2) is 19.7 Å². The van der Waals surface area contributed by atoms with E-state index in [1.54, 1.807) is 23.9 Å². The Morgan fingerprint density at radius 1 is 1.04 bits per heavy atom. The van der Waals surface area contributed by atoms with Crippen LogP contribution in [0.3, 0.4) is 0 Å². The molecule has 4 nitrogen and oxygen atoms in total. The predicted octanol–water partition coefficient (Wildman–Crippen LogP) is 3.96. The third kappa shape index (κ3) is 4.57. The molecule has 0 unspecified atom stereocenters. The monoisotopic (exact) mass is 376 g/mol. The third-order valence-electron chi connectivity index (χ3n) is 4.54. The number of nitrogen functional groups attached to an aromatic ring is 1. The predicted molar refractivity (Wildman–Crippen MR) is 104 cm³/mol. The molecule has 0 amide bonds. The highest BCUT2D eigenvalue weighted by Crippen LogP contribution is 2.36. The van der Waals surface area contributed by atoms with Gasteiger partial charge in [-0.05, 0) is 44.0 Å². The molecule has 0 radical (unpaired) electrons. The molecule has 0 aromatic heterocycles. The van der Waals surface area contributed by atoms with E-state index in [4.69, 9.17) is 5.73 Å². The average Bonchev–Trinajstić information content (AvgIpc) is 2.59. The quantitative estimate of drug-likeness (QED) is 0.775. The lowest BCUT2D eigenvalue weighted by Crippen LogP contribution is -2.43. The first-order valence-corrected chi connectivity index (χ1v) is 10.9. The molecular weight excluding hydrogens is 352 g/mol. The maximum atomic E-state index is 12.7.